The summed E-state index contributed by atoms with van der Waals surface area (Å²) in [6.45, 7) is 5.82. The van der Waals surface area contributed by atoms with Crippen LogP contribution in [0.4, 0.5) is 0 Å². The van der Waals surface area contributed by atoms with Crippen LogP contribution in [0.25, 0.3) is 10.9 Å². The number of aromatic nitrogens is 2. The molecule has 1 saturated heterocycles. The van der Waals surface area contributed by atoms with Gasteiger partial charge in [-0.15, -0.1) is 0 Å². The van der Waals surface area contributed by atoms with E-state index in [0.29, 0.717) is 26.2 Å². The summed E-state index contributed by atoms with van der Waals surface area (Å²) >= 11 is 0. The molecule has 0 radical (unpaired) electrons. The number of benzene rings is 1. The lowest BCUT2D eigenvalue weighted by Crippen LogP contribution is -2.55. The molecule has 6 heteroatoms. The Morgan fingerprint density at radius 2 is 1.90 bits per heavy atom. The number of hydrogen-bond acceptors (Lipinski definition) is 4. The van der Waals surface area contributed by atoms with Gasteiger partial charge in [-0.25, -0.2) is 9.47 Å². The van der Waals surface area contributed by atoms with Crippen molar-refractivity contribution in [3.05, 3.63) is 53.6 Å². The Hall–Kier alpha value is -2.63. The molecule has 1 aliphatic heterocycles. The van der Waals surface area contributed by atoms with Gasteiger partial charge in [0.1, 0.15) is 0 Å². The van der Waals surface area contributed by atoms with Crippen molar-refractivity contribution >= 4 is 16.8 Å². The maximum atomic E-state index is 12.1. The smallest absolute Gasteiger partial charge is 0.335 e. The van der Waals surface area contributed by atoms with Crippen molar-refractivity contribution in [2.45, 2.75) is 0 Å². The van der Waals surface area contributed by atoms with E-state index >= 15 is 0 Å². The van der Waals surface area contributed by atoms with Crippen molar-refractivity contribution in [1.82, 2.24) is 14.6 Å². The molecule has 3 rings (SSSR count). The quantitative estimate of drug-likeness (QED) is 0.747. The standard InChI is InChI=1S/C15H16N4O2/c1-2-14(20)17-7-9-18(10-8-17)19-13-6-4-3-5-12(13)11-16-15(19)21/h2-6,11H,1,7-10H2. The van der Waals surface area contributed by atoms with Crippen molar-refractivity contribution in [2.24, 2.45) is 0 Å². The number of para-hydroxylation sites is 1. The maximum Gasteiger partial charge on any atom is 0.366 e. The van der Waals surface area contributed by atoms with E-state index in [0.717, 1.165) is 10.9 Å². The van der Waals surface area contributed by atoms with Crippen molar-refractivity contribution in [1.29, 1.82) is 0 Å². The summed E-state index contributed by atoms with van der Waals surface area (Å²) < 4.78 is 1.60. The topological polar surface area (TPSA) is 58.4 Å². The molecule has 2 heterocycles. The number of piperazine rings is 1. The number of carbonyl (C=O) groups is 1. The molecule has 0 bridgehead atoms. The lowest BCUT2D eigenvalue weighted by Gasteiger charge is -2.36. The molecule has 0 saturated carbocycles. The SMILES string of the molecule is C=CC(=O)N1CCN(n2c(=O)ncc3ccccc32)CC1. The van der Waals surface area contributed by atoms with E-state index in [9.17, 15) is 9.59 Å². The molecule has 1 amide bonds. The molecule has 0 spiro atoms. The van der Waals surface area contributed by atoms with E-state index in [-0.39, 0.29) is 11.6 Å². The Labute approximate surface area is 121 Å². The predicted molar refractivity (Wildman–Crippen MR) is 80.7 cm³/mol. The van der Waals surface area contributed by atoms with Crippen LogP contribution in [-0.4, -0.2) is 46.6 Å². The van der Waals surface area contributed by atoms with Gasteiger partial charge < -0.3 is 9.91 Å². The van der Waals surface area contributed by atoms with Crippen molar-refractivity contribution in [3.8, 4) is 0 Å². The highest BCUT2D eigenvalue weighted by Crippen LogP contribution is 2.11. The molecule has 0 atom stereocenters. The Morgan fingerprint density at radius 1 is 1.19 bits per heavy atom. The lowest BCUT2D eigenvalue weighted by molar-refractivity contribution is -0.126. The molecule has 6 nitrogen and oxygen atoms in total. The number of nitrogens with zero attached hydrogens (tertiary/aromatic N) is 4. The van der Waals surface area contributed by atoms with Crippen LogP contribution in [0.5, 0.6) is 0 Å². The average Bonchev–Trinajstić information content (AvgIpc) is 2.54. The van der Waals surface area contributed by atoms with Crippen LogP contribution in [0.3, 0.4) is 0 Å². The van der Waals surface area contributed by atoms with Crippen molar-refractivity contribution in [2.75, 3.05) is 31.2 Å². The van der Waals surface area contributed by atoms with E-state index in [1.165, 1.54) is 6.08 Å². The monoisotopic (exact) mass is 284 g/mol. The number of rotatable bonds is 2. The third kappa shape index (κ3) is 2.40. The molecule has 108 valence electrons. The summed E-state index contributed by atoms with van der Waals surface area (Å²) in [6, 6.07) is 7.64. The summed E-state index contributed by atoms with van der Waals surface area (Å²) in [5.74, 6) is -0.0713. The third-order valence-corrected chi connectivity index (χ3v) is 3.69. The second-order valence-electron chi connectivity index (χ2n) is 4.89. The summed E-state index contributed by atoms with van der Waals surface area (Å²) in [4.78, 5) is 29.4. The molecule has 1 aromatic heterocycles. The Kier molecular flexibility index (Phi) is 3.43. The summed E-state index contributed by atoms with van der Waals surface area (Å²) in [5, 5.41) is 2.85. The fourth-order valence-corrected chi connectivity index (χ4v) is 2.59. The molecular weight excluding hydrogens is 268 g/mol. The van der Waals surface area contributed by atoms with Gasteiger partial charge in [0, 0.05) is 24.7 Å². The van der Waals surface area contributed by atoms with Crippen molar-refractivity contribution < 1.29 is 4.79 Å². The van der Waals surface area contributed by atoms with Crippen molar-refractivity contribution in [3.63, 3.8) is 0 Å². The highest BCUT2D eigenvalue weighted by atomic mass is 16.2. The van der Waals surface area contributed by atoms with Crippen LogP contribution >= 0.6 is 0 Å². The molecule has 0 unspecified atom stereocenters. The molecule has 2 aromatic rings. The van der Waals surface area contributed by atoms with Crippen LogP contribution in [-0.2, 0) is 4.79 Å². The van der Waals surface area contributed by atoms with Gasteiger partial charge in [0.2, 0.25) is 5.91 Å². The van der Waals surface area contributed by atoms with E-state index in [1.54, 1.807) is 15.8 Å². The van der Waals surface area contributed by atoms with Crippen LogP contribution in [0.2, 0.25) is 0 Å². The van der Waals surface area contributed by atoms with Gasteiger partial charge in [0.05, 0.1) is 18.6 Å². The van der Waals surface area contributed by atoms with Gasteiger partial charge in [-0.05, 0) is 12.1 Å². The molecule has 0 N–H and O–H groups in total. The maximum absolute atomic E-state index is 12.1. The van der Waals surface area contributed by atoms with Gasteiger partial charge in [0.15, 0.2) is 0 Å². The zero-order valence-corrected chi connectivity index (χ0v) is 11.6. The van der Waals surface area contributed by atoms with Crippen LogP contribution in [0.15, 0.2) is 47.9 Å². The Balaban J connectivity index is 1.92. The van der Waals surface area contributed by atoms with Gasteiger partial charge in [-0.2, -0.15) is 4.98 Å². The van der Waals surface area contributed by atoms with E-state index < -0.39 is 0 Å². The normalized spacial score (nSPS) is 15.2. The Bertz CT molecular complexity index is 745. The molecule has 0 aliphatic carbocycles. The number of carbonyl (C=O) groups excluding carboxylic acids is 1. The molecule has 1 fully saturated rings. The molecule has 1 aromatic carbocycles. The minimum atomic E-state index is -0.294. The van der Waals surface area contributed by atoms with Crippen LogP contribution in [0, 0.1) is 0 Å². The fraction of sp³-hybridized carbons (Fsp3) is 0.267. The Morgan fingerprint density at radius 3 is 2.62 bits per heavy atom. The predicted octanol–water partition coefficient (Wildman–Crippen LogP) is 0.363. The van der Waals surface area contributed by atoms with E-state index in [1.807, 2.05) is 29.3 Å². The second kappa shape index (κ2) is 5.40. The minimum Gasteiger partial charge on any atom is -0.335 e. The number of hydrogen-bond donors (Lipinski definition) is 0. The van der Waals surface area contributed by atoms with Crippen LogP contribution in [0.1, 0.15) is 0 Å². The first-order valence-corrected chi connectivity index (χ1v) is 6.84. The minimum absolute atomic E-state index is 0.0713. The first kappa shape index (κ1) is 13.4. The van der Waals surface area contributed by atoms with Gasteiger partial charge >= 0.3 is 5.69 Å². The highest BCUT2D eigenvalue weighted by molar-refractivity contribution is 5.87. The van der Waals surface area contributed by atoms with Gasteiger partial charge in [0.25, 0.3) is 0 Å². The number of amides is 1. The second-order valence-corrected chi connectivity index (χ2v) is 4.89. The average molecular weight is 284 g/mol. The zero-order chi connectivity index (χ0) is 14.8. The van der Waals surface area contributed by atoms with Crippen LogP contribution < -0.4 is 10.7 Å². The fourth-order valence-electron chi connectivity index (χ4n) is 2.59. The molecule has 1 aliphatic rings. The summed E-state index contributed by atoms with van der Waals surface area (Å²) in [6.07, 6.45) is 2.91. The highest BCUT2D eigenvalue weighted by Gasteiger charge is 2.21. The van der Waals surface area contributed by atoms with Gasteiger partial charge in [-0.1, -0.05) is 24.8 Å². The largest absolute Gasteiger partial charge is 0.366 e. The van der Waals surface area contributed by atoms with E-state index in [2.05, 4.69) is 11.6 Å². The lowest BCUT2D eigenvalue weighted by atomic mass is 10.2. The molecular formula is C15H16N4O2. The first-order valence-electron chi connectivity index (χ1n) is 6.84. The third-order valence-electron chi connectivity index (χ3n) is 3.69. The van der Waals surface area contributed by atoms with E-state index in [4.69, 9.17) is 0 Å². The molecule has 21 heavy (non-hydrogen) atoms. The first-order chi connectivity index (χ1) is 10.2. The summed E-state index contributed by atoms with van der Waals surface area (Å²) in [7, 11) is 0. The van der Waals surface area contributed by atoms with Gasteiger partial charge in [-0.3, -0.25) is 4.79 Å². The number of fused-ring (bicyclic) bond motifs is 1. The summed E-state index contributed by atoms with van der Waals surface area (Å²) in [5.41, 5.74) is 0.540. The zero-order valence-electron chi connectivity index (χ0n) is 11.6.